The Morgan fingerprint density at radius 1 is 1.50 bits per heavy atom. The van der Waals surface area contributed by atoms with Gasteiger partial charge in [-0.2, -0.15) is 0 Å². The fourth-order valence-electron chi connectivity index (χ4n) is 1.30. The van der Waals surface area contributed by atoms with Gasteiger partial charge >= 0.3 is 11.7 Å². The van der Waals surface area contributed by atoms with E-state index in [2.05, 4.69) is 14.7 Å². The molecule has 0 atom stereocenters. The molecule has 0 spiro atoms. The molecule has 0 aliphatic carbocycles. The lowest BCUT2D eigenvalue weighted by molar-refractivity contribution is -0.141. The van der Waals surface area contributed by atoms with Gasteiger partial charge in [-0.05, 0) is 0 Å². The SMILES string of the molecule is COC(=O)Cn1cnc2c(=O)[nH]c(=O)[nH]c21. The van der Waals surface area contributed by atoms with Crippen LogP contribution in [0.2, 0.25) is 0 Å². The second kappa shape index (κ2) is 3.65. The van der Waals surface area contributed by atoms with Crippen LogP contribution in [0.1, 0.15) is 0 Å². The first kappa shape index (κ1) is 10.1. The number of ether oxygens (including phenoxy) is 1. The number of carbonyl (C=O) groups is 1. The minimum absolute atomic E-state index is 0.0727. The van der Waals surface area contributed by atoms with Crippen LogP contribution in [0.25, 0.3) is 11.2 Å². The number of imidazole rings is 1. The van der Waals surface area contributed by atoms with Gasteiger partial charge in [0.25, 0.3) is 5.56 Å². The second-order valence-electron chi connectivity index (χ2n) is 3.05. The van der Waals surface area contributed by atoms with Crippen molar-refractivity contribution in [3.8, 4) is 0 Å². The predicted octanol–water partition coefficient (Wildman–Crippen LogP) is -1.41. The van der Waals surface area contributed by atoms with Gasteiger partial charge in [0.15, 0.2) is 5.52 Å². The lowest BCUT2D eigenvalue weighted by Gasteiger charge is -2.00. The highest BCUT2D eigenvalue weighted by Gasteiger charge is 2.10. The number of H-pyrrole nitrogens is 2. The molecule has 0 fully saturated rings. The summed E-state index contributed by atoms with van der Waals surface area (Å²) < 4.78 is 5.80. The maximum absolute atomic E-state index is 11.3. The third kappa shape index (κ3) is 1.60. The lowest BCUT2D eigenvalue weighted by atomic mass is 10.5. The molecular weight excluding hydrogens is 216 g/mol. The number of nitrogens with zero attached hydrogens (tertiary/aromatic N) is 2. The minimum Gasteiger partial charge on any atom is -0.468 e. The van der Waals surface area contributed by atoms with E-state index in [4.69, 9.17) is 0 Å². The molecule has 0 aliphatic heterocycles. The van der Waals surface area contributed by atoms with E-state index in [0.29, 0.717) is 0 Å². The van der Waals surface area contributed by atoms with Gasteiger partial charge < -0.3 is 9.30 Å². The number of hydrogen-bond acceptors (Lipinski definition) is 5. The topological polar surface area (TPSA) is 110 Å². The molecule has 0 saturated heterocycles. The van der Waals surface area contributed by atoms with E-state index in [-0.39, 0.29) is 17.7 Å². The third-order valence-electron chi connectivity index (χ3n) is 2.04. The van der Waals surface area contributed by atoms with Crippen LogP contribution in [-0.4, -0.2) is 32.6 Å². The molecule has 0 bridgehead atoms. The molecule has 2 aromatic rings. The van der Waals surface area contributed by atoms with Gasteiger partial charge in [0.2, 0.25) is 0 Å². The van der Waals surface area contributed by atoms with E-state index in [9.17, 15) is 14.4 Å². The average Bonchev–Trinajstić information content (AvgIpc) is 2.61. The first-order valence-electron chi connectivity index (χ1n) is 4.36. The Morgan fingerprint density at radius 3 is 2.94 bits per heavy atom. The number of hydrogen-bond donors (Lipinski definition) is 2. The Labute approximate surface area is 87.9 Å². The van der Waals surface area contributed by atoms with E-state index >= 15 is 0 Å². The van der Waals surface area contributed by atoms with Crippen molar-refractivity contribution in [2.75, 3.05) is 7.11 Å². The average molecular weight is 224 g/mol. The van der Waals surface area contributed by atoms with Gasteiger partial charge in [-0.3, -0.25) is 19.6 Å². The molecule has 2 N–H and O–H groups in total. The molecule has 0 aliphatic rings. The predicted molar refractivity (Wildman–Crippen MR) is 53.0 cm³/mol. The summed E-state index contributed by atoms with van der Waals surface area (Å²) in [7, 11) is 1.25. The van der Waals surface area contributed by atoms with E-state index in [1.54, 1.807) is 0 Å². The van der Waals surface area contributed by atoms with Crippen molar-refractivity contribution in [3.63, 3.8) is 0 Å². The highest BCUT2D eigenvalue weighted by molar-refractivity contribution is 5.74. The summed E-state index contributed by atoms with van der Waals surface area (Å²) >= 11 is 0. The number of carbonyl (C=O) groups excluding carboxylic acids is 1. The van der Waals surface area contributed by atoms with Crippen LogP contribution >= 0.6 is 0 Å². The van der Waals surface area contributed by atoms with Crippen LogP contribution < -0.4 is 11.2 Å². The van der Waals surface area contributed by atoms with Gasteiger partial charge in [-0.1, -0.05) is 0 Å². The molecule has 8 heteroatoms. The number of esters is 1. The summed E-state index contributed by atoms with van der Waals surface area (Å²) in [5.74, 6) is -0.500. The fraction of sp³-hybridized carbons (Fsp3) is 0.250. The highest BCUT2D eigenvalue weighted by Crippen LogP contribution is 2.02. The third-order valence-corrected chi connectivity index (χ3v) is 2.04. The standard InChI is InChI=1S/C8H8N4O4/c1-16-4(13)2-12-3-9-5-6(12)10-8(15)11-7(5)14/h3H,2H2,1H3,(H2,10,11,14,15). The van der Waals surface area contributed by atoms with Gasteiger partial charge in [-0.25, -0.2) is 9.78 Å². The van der Waals surface area contributed by atoms with Crippen LogP contribution in [0.3, 0.4) is 0 Å². The van der Waals surface area contributed by atoms with Crippen molar-refractivity contribution in [1.82, 2.24) is 19.5 Å². The van der Waals surface area contributed by atoms with E-state index in [1.807, 2.05) is 4.98 Å². The zero-order valence-electron chi connectivity index (χ0n) is 8.31. The molecule has 8 nitrogen and oxygen atoms in total. The highest BCUT2D eigenvalue weighted by atomic mass is 16.5. The Bertz CT molecular complexity index is 650. The lowest BCUT2D eigenvalue weighted by Crippen LogP contribution is -2.23. The molecule has 2 aromatic heterocycles. The normalized spacial score (nSPS) is 10.6. The van der Waals surface area contributed by atoms with Gasteiger partial charge in [0.1, 0.15) is 12.2 Å². The second-order valence-corrected chi connectivity index (χ2v) is 3.05. The molecule has 0 unspecified atom stereocenters. The van der Waals surface area contributed by atoms with Gasteiger partial charge in [0, 0.05) is 0 Å². The van der Waals surface area contributed by atoms with Crippen molar-refractivity contribution >= 4 is 17.1 Å². The quantitative estimate of drug-likeness (QED) is 0.609. The molecule has 0 saturated carbocycles. The zero-order chi connectivity index (χ0) is 11.7. The Balaban J connectivity index is 2.60. The summed E-state index contributed by atoms with van der Waals surface area (Å²) in [6.45, 7) is -0.119. The monoisotopic (exact) mass is 224 g/mol. The Morgan fingerprint density at radius 2 is 2.25 bits per heavy atom. The van der Waals surface area contributed by atoms with Crippen LogP contribution in [0.15, 0.2) is 15.9 Å². The molecule has 16 heavy (non-hydrogen) atoms. The number of fused-ring (bicyclic) bond motifs is 1. The molecule has 0 aromatic carbocycles. The molecular formula is C8H8N4O4. The van der Waals surface area contributed by atoms with E-state index < -0.39 is 17.2 Å². The first-order chi connectivity index (χ1) is 7.61. The smallest absolute Gasteiger partial charge is 0.327 e. The summed E-state index contributed by atoms with van der Waals surface area (Å²) in [5, 5.41) is 0. The first-order valence-corrected chi connectivity index (χ1v) is 4.36. The maximum atomic E-state index is 11.3. The zero-order valence-corrected chi connectivity index (χ0v) is 8.31. The fourth-order valence-corrected chi connectivity index (χ4v) is 1.30. The van der Waals surface area contributed by atoms with Gasteiger partial charge in [-0.15, -0.1) is 0 Å². The van der Waals surface area contributed by atoms with Crippen LogP contribution in [0.4, 0.5) is 0 Å². The van der Waals surface area contributed by atoms with Crippen LogP contribution in [0, 0.1) is 0 Å². The number of nitrogens with one attached hydrogen (secondary N) is 2. The minimum atomic E-state index is -0.649. The Kier molecular flexibility index (Phi) is 2.31. The number of methoxy groups -OCH3 is 1. The molecule has 0 amide bonds. The largest absolute Gasteiger partial charge is 0.468 e. The molecule has 84 valence electrons. The number of rotatable bonds is 2. The van der Waals surface area contributed by atoms with Crippen LogP contribution in [0.5, 0.6) is 0 Å². The van der Waals surface area contributed by atoms with E-state index in [0.717, 1.165) is 0 Å². The van der Waals surface area contributed by atoms with Crippen LogP contribution in [-0.2, 0) is 16.1 Å². The van der Waals surface area contributed by atoms with Crippen molar-refractivity contribution < 1.29 is 9.53 Å². The molecule has 2 heterocycles. The van der Waals surface area contributed by atoms with Gasteiger partial charge in [0.05, 0.1) is 13.4 Å². The number of aromatic amines is 2. The maximum Gasteiger partial charge on any atom is 0.327 e. The van der Waals surface area contributed by atoms with Crippen molar-refractivity contribution in [2.24, 2.45) is 0 Å². The summed E-state index contributed by atoms with van der Waals surface area (Å²) in [6.07, 6.45) is 1.28. The summed E-state index contributed by atoms with van der Waals surface area (Å²) in [5.41, 5.74) is -0.978. The van der Waals surface area contributed by atoms with Crippen molar-refractivity contribution in [2.45, 2.75) is 6.54 Å². The van der Waals surface area contributed by atoms with Crippen molar-refractivity contribution in [3.05, 3.63) is 27.2 Å². The number of aromatic nitrogens is 4. The Hall–Kier alpha value is -2.38. The molecule has 2 rings (SSSR count). The summed E-state index contributed by atoms with van der Waals surface area (Å²) in [6, 6.07) is 0. The van der Waals surface area contributed by atoms with E-state index in [1.165, 1.54) is 18.0 Å². The van der Waals surface area contributed by atoms with Crippen molar-refractivity contribution in [1.29, 1.82) is 0 Å². The molecule has 0 radical (unpaired) electrons. The summed E-state index contributed by atoms with van der Waals surface area (Å²) in [4.78, 5) is 41.6.